The van der Waals surface area contributed by atoms with E-state index in [-0.39, 0.29) is 16.9 Å². The zero-order chi connectivity index (χ0) is 14.3. The molecule has 1 aromatic carbocycles. The average Bonchev–Trinajstić information content (AvgIpc) is 2.57. The molecule has 2 rings (SSSR count). The molecule has 1 amide bonds. The maximum atomic E-state index is 11.8. The van der Waals surface area contributed by atoms with E-state index in [4.69, 9.17) is 9.47 Å². The van der Waals surface area contributed by atoms with Crippen molar-refractivity contribution in [2.24, 2.45) is 0 Å². The first kappa shape index (κ1) is 13.7. The summed E-state index contributed by atoms with van der Waals surface area (Å²) in [6.45, 7) is 6.18. The normalized spacial score (nSPS) is 25.0. The van der Waals surface area contributed by atoms with Crippen LogP contribution in [0.4, 0.5) is 0 Å². The Bertz CT molecular complexity index is 510. The summed E-state index contributed by atoms with van der Waals surface area (Å²) in [7, 11) is 3.26. The number of hydrogen-bond donors (Lipinski definition) is 1. The van der Waals surface area contributed by atoms with E-state index in [2.05, 4.69) is 12.2 Å². The van der Waals surface area contributed by atoms with Crippen molar-refractivity contribution < 1.29 is 14.3 Å². The number of hydrogen-bond acceptors (Lipinski definition) is 3. The molecule has 104 valence electrons. The number of carbonyl (C=O) groups is 1. The molecule has 1 atom stereocenters. The third-order valence-electron chi connectivity index (χ3n) is 4.35. The Labute approximate surface area is 114 Å². The Hall–Kier alpha value is -1.71. The molecule has 4 heteroatoms. The van der Waals surface area contributed by atoms with E-state index in [1.54, 1.807) is 14.2 Å². The number of benzene rings is 1. The SMILES string of the molecule is COc1ccc(C2(C)CC(=O)NC2(C)C)c(OC)c1. The second kappa shape index (κ2) is 4.44. The van der Waals surface area contributed by atoms with Crippen LogP contribution in [0.15, 0.2) is 18.2 Å². The molecule has 19 heavy (non-hydrogen) atoms. The fourth-order valence-corrected chi connectivity index (χ4v) is 2.76. The Morgan fingerprint density at radius 3 is 2.32 bits per heavy atom. The molecule has 1 heterocycles. The highest BCUT2D eigenvalue weighted by Crippen LogP contribution is 2.46. The first-order valence-electron chi connectivity index (χ1n) is 6.37. The van der Waals surface area contributed by atoms with Gasteiger partial charge < -0.3 is 14.8 Å². The van der Waals surface area contributed by atoms with Crippen LogP contribution in [-0.2, 0) is 10.2 Å². The molecule has 0 aliphatic carbocycles. The molecule has 1 aromatic rings. The molecular formula is C15H21NO3. The highest BCUT2D eigenvalue weighted by atomic mass is 16.5. The Balaban J connectivity index is 2.54. The van der Waals surface area contributed by atoms with Crippen LogP contribution in [0.3, 0.4) is 0 Å². The Morgan fingerprint density at radius 1 is 1.16 bits per heavy atom. The molecule has 0 aromatic heterocycles. The summed E-state index contributed by atoms with van der Waals surface area (Å²) in [6, 6.07) is 5.75. The third-order valence-corrected chi connectivity index (χ3v) is 4.35. The van der Waals surface area contributed by atoms with Gasteiger partial charge in [-0.05, 0) is 19.9 Å². The van der Waals surface area contributed by atoms with E-state index in [1.807, 2.05) is 32.0 Å². The standard InChI is InChI=1S/C15H21NO3/c1-14(2)15(3,9-13(17)16-14)11-7-6-10(18-4)8-12(11)19-5/h6-8H,9H2,1-5H3,(H,16,17). The van der Waals surface area contributed by atoms with Gasteiger partial charge in [-0.15, -0.1) is 0 Å². The number of rotatable bonds is 3. The lowest BCUT2D eigenvalue weighted by molar-refractivity contribution is -0.119. The predicted octanol–water partition coefficient (Wildman–Crippen LogP) is 2.26. The monoisotopic (exact) mass is 263 g/mol. The topological polar surface area (TPSA) is 47.6 Å². The lowest BCUT2D eigenvalue weighted by atomic mass is 9.68. The Morgan fingerprint density at radius 2 is 1.84 bits per heavy atom. The second-order valence-corrected chi connectivity index (χ2v) is 5.75. The number of amides is 1. The molecule has 0 spiro atoms. The van der Waals surface area contributed by atoms with Gasteiger partial charge in [0.2, 0.25) is 5.91 Å². The van der Waals surface area contributed by atoms with Crippen molar-refractivity contribution in [3.63, 3.8) is 0 Å². The van der Waals surface area contributed by atoms with Gasteiger partial charge in [0.05, 0.1) is 14.2 Å². The predicted molar refractivity (Wildman–Crippen MR) is 73.7 cm³/mol. The fourth-order valence-electron chi connectivity index (χ4n) is 2.76. The first-order valence-corrected chi connectivity index (χ1v) is 6.37. The first-order chi connectivity index (χ1) is 8.84. The van der Waals surface area contributed by atoms with Gasteiger partial charge in [0, 0.05) is 29.0 Å². The number of methoxy groups -OCH3 is 2. The number of nitrogens with one attached hydrogen (secondary N) is 1. The van der Waals surface area contributed by atoms with E-state index in [9.17, 15) is 4.79 Å². The molecule has 1 N–H and O–H groups in total. The third kappa shape index (κ3) is 2.05. The van der Waals surface area contributed by atoms with Crippen LogP contribution in [0, 0.1) is 0 Å². The molecule has 1 aliphatic heterocycles. The summed E-state index contributed by atoms with van der Waals surface area (Å²) in [6.07, 6.45) is 0.461. The van der Waals surface area contributed by atoms with Crippen molar-refractivity contribution in [2.75, 3.05) is 14.2 Å². The molecule has 1 fully saturated rings. The molecule has 0 saturated carbocycles. The Kier molecular flexibility index (Phi) is 3.20. The van der Waals surface area contributed by atoms with Gasteiger partial charge >= 0.3 is 0 Å². The zero-order valence-electron chi connectivity index (χ0n) is 12.2. The molecule has 1 saturated heterocycles. The van der Waals surface area contributed by atoms with Crippen molar-refractivity contribution in [2.45, 2.75) is 38.1 Å². The van der Waals surface area contributed by atoms with Crippen LogP contribution in [0.5, 0.6) is 11.5 Å². The van der Waals surface area contributed by atoms with Crippen LogP contribution in [-0.4, -0.2) is 25.7 Å². The van der Waals surface area contributed by atoms with Crippen molar-refractivity contribution in [3.05, 3.63) is 23.8 Å². The smallest absolute Gasteiger partial charge is 0.221 e. The molecule has 4 nitrogen and oxygen atoms in total. The molecule has 1 unspecified atom stereocenters. The summed E-state index contributed by atoms with van der Waals surface area (Å²) in [4.78, 5) is 11.8. The number of ether oxygens (including phenoxy) is 2. The number of carbonyl (C=O) groups excluding carboxylic acids is 1. The van der Waals surface area contributed by atoms with E-state index in [0.29, 0.717) is 6.42 Å². The van der Waals surface area contributed by atoms with Crippen molar-refractivity contribution in [1.82, 2.24) is 5.32 Å². The summed E-state index contributed by atoms with van der Waals surface area (Å²) in [5.74, 6) is 1.58. The maximum Gasteiger partial charge on any atom is 0.221 e. The van der Waals surface area contributed by atoms with E-state index >= 15 is 0 Å². The highest BCUT2D eigenvalue weighted by Gasteiger charge is 2.51. The van der Waals surface area contributed by atoms with Crippen LogP contribution >= 0.6 is 0 Å². The van der Waals surface area contributed by atoms with Crippen LogP contribution in [0.25, 0.3) is 0 Å². The molecule has 0 radical (unpaired) electrons. The second-order valence-electron chi connectivity index (χ2n) is 5.75. The van der Waals surface area contributed by atoms with Gasteiger partial charge in [0.1, 0.15) is 11.5 Å². The van der Waals surface area contributed by atoms with E-state index in [1.165, 1.54) is 0 Å². The summed E-state index contributed by atoms with van der Waals surface area (Å²) >= 11 is 0. The van der Waals surface area contributed by atoms with Gasteiger partial charge in [-0.1, -0.05) is 13.0 Å². The molecule has 1 aliphatic rings. The van der Waals surface area contributed by atoms with Gasteiger partial charge in [-0.3, -0.25) is 4.79 Å². The zero-order valence-corrected chi connectivity index (χ0v) is 12.2. The van der Waals surface area contributed by atoms with Crippen molar-refractivity contribution >= 4 is 5.91 Å². The minimum atomic E-state index is -0.314. The van der Waals surface area contributed by atoms with Gasteiger partial charge in [-0.2, -0.15) is 0 Å². The molecular weight excluding hydrogens is 242 g/mol. The highest BCUT2D eigenvalue weighted by molar-refractivity contribution is 5.83. The van der Waals surface area contributed by atoms with Crippen LogP contribution in [0.1, 0.15) is 32.8 Å². The largest absolute Gasteiger partial charge is 0.497 e. The lowest BCUT2D eigenvalue weighted by Gasteiger charge is -2.38. The van der Waals surface area contributed by atoms with Crippen molar-refractivity contribution in [3.8, 4) is 11.5 Å². The summed E-state index contributed by atoms with van der Waals surface area (Å²) < 4.78 is 10.7. The molecule has 0 bridgehead atoms. The lowest BCUT2D eigenvalue weighted by Crippen LogP contribution is -2.48. The van der Waals surface area contributed by atoms with E-state index < -0.39 is 0 Å². The average molecular weight is 263 g/mol. The van der Waals surface area contributed by atoms with Crippen LogP contribution < -0.4 is 14.8 Å². The van der Waals surface area contributed by atoms with Gasteiger partial charge in [0.15, 0.2) is 0 Å². The van der Waals surface area contributed by atoms with Crippen molar-refractivity contribution in [1.29, 1.82) is 0 Å². The minimum absolute atomic E-state index is 0.0744. The summed E-state index contributed by atoms with van der Waals surface area (Å²) in [5.41, 5.74) is 0.410. The van der Waals surface area contributed by atoms with Crippen LogP contribution in [0.2, 0.25) is 0 Å². The maximum absolute atomic E-state index is 11.8. The quantitative estimate of drug-likeness (QED) is 0.910. The van der Waals surface area contributed by atoms with Gasteiger partial charge in [-0.25, -0.2) is 0 Å². The minimum Gasteiger partial charge on any atom is -0.497 e. The van der Waals surface area contributed by atoms with E-state index in [0.717, 1.165) is 17.1 Å². The summed E-state index contributed by atoms with van der Waals surface area (Å²) in [5, 5.41) is 3.04. The van der Waals surface area contributed by atoms with Gasteiger partial charge in [0.25, 0.3) is 0 Å². The fraction of sp³-hybridized carbons (Fsp3) is 0.533.